The number of amides is 1. The lowest BCUT2D eigenvalue weighted by atomic mass is 9.97. The van der Waals surface area contributed by atoms with Crippen LogP contribution in [0.5, 0.6) is 0 Å². The molecule has 0 aliphatic carbocycles. The van der Waals surface area contributed by atoms with Crippen molar-refractivity contribution in [1.29, 1.82) is 0 Å². The molecule has 4 aromatic rings. The van der Waals surface area contributed by atoms with E-state index in [-0.39, 0.29) is 18.5 Å². The monoisotopic (exact) mass is 417 g/mol. The van der Waals surface area contributed by atoms with E-state index < -0.39 is 0 Å². The number of rotatable bonds is 6. The van der Waals surface area contributed by atoms with E-state index in [1.807, 2.05) is 72.8 Å². The van der Waals surface area contributed by atoms with Crippen LogP contribution < -0.4 is 0 Å². The molecular weight excluding hydrogens is 398 g/mol. The number of benzene rings is 3. The number of aromatic nitrogens is 4. The summed E-state index contributed by atoms with van der Waals surface area (Å²) in [6.45, 7) is -0.00669. The third-order valence-electron chi connectivity index (χ3n) is 4.84. The van der Waals surface area contributed by atoms with E-state index in [1.165, 1.54) is 4.80 Å². The van der Waals surface area contributed by atoms with Crippen LogP contribution in [0.2, 0.25) is 5.02 Å². The van der Waals surface area contributed by atoms with Gasteiger partial charge in [0.15, 0.2) is 0 Å². The second-order valence-electron chi connectivity index (χ2n) is 6.88. The van der Waals surface area contributed by atoms with Crippen LogP contribution in [0.4, 0.5) is 0 Å². The van der Waals surface area contributed by atoms with E-state index in [0.717, 1.165) is 16.7 Å². The number of hydrogen-bond acceptors (Lipinski definition) is 4. The van der Waals surface area contributed by atoms with Crippen LogP contribution in [0.25, 0.3) is 11.4 Å². The zero-order valence-electron chi connectivity index (χ0n) is 16.4. The molecule has 0 saturated carbocycles. The summed E-state index contributed by atoms with van der Waals surface area (Å²) in [5.74, 6) is 0.331. The molecule has 0 radical (unpaired) electrons. The second-order valence-corrected chi connectivity index (χ2v) is 7.32. The van der Waals surface area contributed by atoms with Gasteiger partial charge in [-0.1, -0.05) is 72.3 Å². The van der Waals surface area contributed by atoms with E-state index >= 15 is 0 Å². The van der Waals surface area contributed by atoms with Gasteiger partial charge in [0.1, 0.15) is 6.54 Å². The van der Waals surface area contributed by atoms with E-state index in [4.69, 9.17) is 11.6 Å². The number of tetrazole rings is 1. The number of nitrogens with zero attached hydrogens (tertiary/aromatic N) is 5. The molecule has 1 amide bonds. The van der Waals surface area contributed by atoms with Gasteiger partial charge in [-0.3, -0.25) is 4.79 Å². The van der Waals surface area contributed by atoms with Gasteiger partial charge >= 0.3 is 0 Å². The molecule has 0 spiro atoms. The summed E-state index contributed by atoms with van der Waals surface area (Å²) >= 11 is 5.93. The van der Waals surface area contributed by atoms with Crippen molar-refractivity contribution in [3.63, 3.8) is 0 Å². The quantitative estimate of drug-likeness (QED) is 0.470. The molecule has 0 unspecified atom stereocenters. The highest BCUT2D eigenvalue weighted by molar-refractivity contribution is 6.30. The van der Waals surface area contributed by atoms with Gasteiger partial charge in [-0.15, -0.1) is 10.2 Å². The Bertz CT molecular complexity index is 1070. The summed E-state index contributed by atoms with van der Waals surface area (Å²) in [5.41, 5.74) is 2.86. The number of carbonyl (C=O) groups excluding carboxylic acids is 1. The Morgan fingerprint density at radius 3 is 2.07 bits per heavy atom. The lowest BCUT2D eigenvalue weighted by molar-refractivity contribution is -0.132. The van der Waals surface area contributed by atoms with Gasteiger partial charge in [0, 0.05) is 17.6 Å². The van der Waals surface area contributed by atoms with Crippen LogP contribution in [0, 0.1) is 0 Å². The minimum Gasteiger partial charge on any atom is -0.333 e. The summed E-state index contributed by atoms with van der Waals surface area (Å²) in [4.78, 5) is 16.1. The molecule has 7 heteroatoms. The Morgan fingerprint density at radius 2 is 1.50 bits per heavy atom. The highest BCUT2D eigenvalue weighted by Crippen LogP contribution is 2.27. The maximum atomic E-state index is 13.1. The molecule has 1 aromatic heterocycles. The molecule has 0 aliphatic rings. The SMILES string of the molecule is CN(C(=O)Cn1nnc(-c2ccc(Cl)cc2)n1)C(c1ccccc1)c1ccccc1. The predicted molar refractivity (Wildman–Crippen MR) is 116 cm³/mol. The fourth-order valence-electron chi connectivity index (χ4n) is 3.31. The lowest BCUT2D eigenvalue weighted by Gasteiger charge is -2.29. The smallest absolute Gasteiger partial charge is 0.246 e. The average molecular weight is 418 g/mol. The van der Waals surface area contributed by atoms with Gasteiger partial charge in [0.05, 0.1) is 6.04 Å². The summed E-state index contributed by atoms with van der Waals surface area (Å²) in [6.07, 6.45) is 0. The van der Waals surface area contributed by atoms with Crippen LogP contribution in [0.15, 0.2) is 84.9 Å². The Labute approximate surface area is 179 Å². The summed E-state index contributed by atoms with van der Waals surface area (Å²) in [7, 11) is 1.80. The van der Waals surface area contributed by atoms with E-state index in [2.05, 4.69) is 15.4 Å². The number of carbonyl (C=O) groups is 1. The molecule has 0 saturated heterocycles. The van der Waals surface area contributed by atoms with Crippen LogP contribution in [0.1, 0.15) is 17.2 Å². The third-order valence-corrected chi connectivity index (χ3v) is 5.10. The number of hydrogen-bond donors (Lipinski definition) is 0. The lowest BCUT2D eigenvalue weighted by Crippen LogP contribution is -2.35. The summed E-state index contributed by atoms with van der Waals surface area (Å²) < 4.78 is 0. The maximum absolute atomic E-state index is 13.1. The highest BCUT2D eigenvalue weighted by Gasteiger charge is 2.24. The molecule has 30 heavy (non-hydrogen) atoms. The van der Waals surface area contributed by atoms with Crippen molar-refractivity contribution in [2.75, 3.05) is 7.05 Å². The second kappa shape index (κ2) is 8.88. The average Bonchev–Trinajstić information content (AvgIpc) is 3.24. The molecule has 3 aromatic carbocycles. The van der Waals surface area contributed by atoms with Gasteiger partial charge in [-0.25, -0.2) is 0 Å². The number of halogens is 1. The standard InChI is InChI=1S/C23H20ClN5O/c1-28(22(17-8-4-2-5-9-17)18-10-6-3-7-11-18)21(30)16-29-26-23(25-27-29)19-12-14-20(24)15-13-19/h2-15,22H,16H2,1H3. The molecular formula is C23H20ClN5O. The van der Waals surface area contributed by atoms with Crippen molar-refractivity contribution < 1.29 is 4.79 Å². The summed E-state index contributed by atoms with van der Waals surface area (Å²) in [6, 6.07) is 26.9. The van der Waals surface area contributed by atoms with Crippen molar-refractivity contribution in [3.05, 3.63) is 101 Å². The van der Waals surface area contributed by atoms with Crippen LogP contribution >= 0.6 is 11.6 Å². The first-order valence-electron chi connectivity index (χ1n) is 9.51. The molecule has 0 atom stereocenters. The van der Waals surface area contributed by atoms with E-state index in [0.29, 0.717) is 10.8 Å². The minimum absolute atomic E-state index is 0.00669. The fourth-order valence-corrected chi connectivity index (χ4v) is 3.44. The van der Waals surface area contributed by atoms with Gasteiger partial charge in [-0.05, 0) is 40.6 Å². The molecule has 6 nitrogen and oxygen atoms in total. The zero-order chi connectivity index (χ0) is 20.9. The Balaban J connectivity index is 1.55. The van der Waals surface area contributed by atoms with E-state index in [1.54, 1.807) is 24.1 Å². The molecule has 4 rings (SSSR count). The first-order chi connectivity index (χ1) is 14.6. The largest absolute Gasteiger partial charge is 0.333 e. The van der Waals surface area contributed by atoms with Crippen LogP contribution in [0.3, 0.4) is 0 Å². The molecule has 0 aliphatic heterocycles. The van der Waals surface area contributed by atoms with Gasteiger partial charge in [-0.2, -0.15) is 4.80 Å². The predicted octanol–water partition coefficient (Wildman–Crippen LogP) is 4.24. The minimum atomic E-state index is -0.209. The molecule has 0 fully saturated rings. The van der Waals surface area contributed by atoms with Crippen molar-refractivity contribution in [1.82, 2.24) is 25.1 Å². The molecule has 1 heterocycles. The molecule has 0 bridgehead atoms. The van der Waals surface area contributed by atoms with Crippen LogP contribution in [-0.4, -0.2) is 38.1 Å². The maximum Gasteiger partial charge on any atom is 0.246 e. The Hall–Kier alpha value is -3.51. The van der Waals surface area contributed by atoms with Crippen molar-refractivity contribution >= 4 is 17.5 Å². The summed E-state index contributed by atoms with van der Waals surface area (Å²) in [5, 5.41) is 13.1. The molecule has 150 valence electrons. The van der Waals surface area contributed by atoms with Crippen molar-refractivity contribution in [3.8, 4) is 11.4 Å². The van der Waals surface area contributed by atoms with Gasteiger partial charge in [0.25, 0.3) is 0 Å². The van der Waals surface area contributed by atoms with Crippen molar-refractivity contribution in [2.45, 2.75) is 12.6 Å². The Morgan fingerprint density at radius 1 is 0.933 bits per heavy atom. The van der Waals surface area contributed by atoms with Crippen LogP contribution in [-0.2, 0) is 11.3 Å². The first kappa shape index (κ1) is 19.8. The zero-order valence-corrected chi connectivity index (χ0v) is 17.1. The third kappa shape index (κ3) is 4.39. The molecule has 0 N–H and O–H groups in total. The van der Waals surface area contributed by atoms with Gasteiger partial charge in [0.2, 0.25) is 11.7 Å². The highest BCUT2D eigenvalue weighted by atomic mass is 35.5. The topological polar surface area (TPSA) is 63.9 Å². The normalized spacial score (nSPS) is 10.9. The first-order valence-corrected chi connectivity index (χ1v) is 9.89. The fraction of sp³-hybridized carbons (Fsp3) is 0.130. The van der Waals surface area contributed by atoms with Gasteiger partial charge < -0.3 is 4.90 Å². The van der Waals surface area contributed by atoms with E-state index in [9.17, 15) is 4.79 Å². The van der Waals surface area contributed by atoms with Crippen molar-refractivity contribution in [2.24, 2.45) is 0 Å². The number of likely N-dealkylation sites (N-methyl/N-ethyl adjacent to an activating group) is 1. The Kier molecular flexibility index (Phi) is 5.86.